The van der Waals surface area contributed by atoms with Crippen molar-refractivity contribution in [2.75, 3.05) is 0 Å². The number of nitrogens with zero attached hydrogens (tertiary/aromatic N) is 2. The van der Waals surface area contributed by atoms with E-state index >= 15 is 0 Å². The van der Waals surface area contributed by atoms with Gasteiger partial charge in [0.15, 0.2) is 0 Å². The monoisotopic (exact) mass is 340 g/mol. The van der Waals surface area contributed by atoms with E-state index in [2.05, 4.69) is 71.6 Å². The lowest BCUT2D eigenvalue weighted by Crippen LogP contribution is -1.94. The summed E-state index contributed by atoms with van der Waals surface area (Å²) in [6, 6.07) is 19.7. The van der Waals surface area contributed by atoms with Gasteiger partial charge in [0.05, 0.1) is 0 Å². The van der Waals surface area contributed by atoms with Gasteiger partial charge in [-0.2, -0.15) is 0 Å². The molecule has 0 aliphatic rings. The molecule has 26 heavy (non-hydrogen) atoms. The molecule has 0 saturated carbocycles. The fourth-order valence-electron chi connectivity index (χ4n) is 3.80. The highest BCUT2D eigenvalue weighted by molar-refractivity contribution is 6.08. The largest absolute Gasteiger partial charge is 0.341 e. The molecule has 2 aromatic heterocycles. The van der Waals surface area contributed by atoms with Gasteiger partial charge in [-0.1, -0.05) is 42.5 Å². The van der Waals surface area contributed by atoms with Crippen LogP contribution in [0.4, 0.5) is 0 Å². The maximum atomic E-state index is 4.26. The van der Waals surface area contributed by atoms with E-state index in [1.807, 2.05) is 18.5 Å². The van der Waals surface area contributed by atoms with Gasteiger partial charge in [0.1, 0.15) is 0 Å². The van der Waals surface area contributed by atoms with Crippen molar-refractivity contribution < 1.29 is 0 Å². The minimum atomic E-state index is 0.908. The van der Waals surface area contributed by atoms with Gasteiger partial charge in [-0.25, -0.2) is 0 Å². The summed E-state index contributed by atoms with van der Waals surface area (Å²) < 4.78 is 2.40. The van der Waals surface area contributed by atoms with Crippen molar-refractivity contribution in [3.63, 3.8) is 0 Å². The third-order valence-electron chi connectivity index (χ3n) is 5.10. The van der Waals surface area contributed by atoms with Gasteiger partial charge >= 0.3 is 0 Å². The lowest BCUT2D eigenvalue weighted by atomic mass is 9.99. The number of para-hydroxylation sites is 1. The molecule has 4 rings (SSSR count). The summed E-state index contributed by atoms with van der Waals surface area (Å²) in [6.45, 7) is 7.46. The lowest BCUT2D eigenvalue weighted by molar-refractivity contribution is 0.826. The molecule has 2 nitrogen and oxygen atoms in total. The van der Waals surface area contributed by atoms with E-state index in [-0.39, 0.29) is 0 Å². The standard InChI is InChI=1S/C24H24N2/c1-3-26-23-9-5-4-8-21(23)22-16-19(12-13-24(22)26)11-10-18(2)15-20-7-6-14-25-17-20/h4-9,12-14,16-17H,2-3,10-11,15H2,1H3. The number of aromatic nitrogens is 2. The molecule has 0 fully saturated rings. The molecular formula is C24H24N2. The first-order valence-electron chi connectivity index (χ1n) is 9.31. The van der Waals surface area contributed by atoms with Gasteiger partial charge < -0.3 is 4.57 Å². The molecule has 0 spiro atoms. The predicted molar refractivity (Wildman–Crippen MR) is 111 cm³/mol. The Labute approximate surface area is 154 Å². The third kappa shape index (κ3) is 3.15. The normalized spacial score (nSPS) is 11.3. The maximum absolute atomic E-state index is 4.26. The van der Waals surface area contributed by atoms with Gasteiger partial charge in [0.25, 0.3) is 0 Å². The number of fused-ring (bicyclic) bond motifs is 3. The van der Waals surface area contributed by atoms with Crippen LogP contribution in [-0.2, 0) is 19.4 Å². The van der Waals surface area contributed by atoms with Crippen LogP contribution in [0, 0.1) is 0 Å². The fourth-order valence-corrected chi connectivity index (χ4v) is 3.80. The zero-order valence-corrected chi connectivity index (χ0v) is 15.3. The van der Waals surface area contributed by atoms with Gasteiger partial charge in [0, 0.05) is 40.7 Å². The van der Waals surface area contributed by atoms with Crippen molar-refractivity contribution in [2.24, 2.45) is 0 Å². The number of hydrogen-bond acceptors (Lipinski definition) is 1. The highest BCUT2D eigenvalue weighted by Crippen LogP contribution is 2.30. The van der Waals surface area contributed by atoms with Crippen LogP contribution in [0.5, 0.6) is 0 Å². The molecule has 0 saturated heterocycles. The van der Waals surface area contributed by atoms with Gasteiger partial charge in [-0.05, 0) is 61.6 Å². The molecule has 0 N–H and O–H groups in total. The van der Waals surface area contributed by atoms with Crippen molar-refractivity contribution >= 4 is 21.8 Å². The van der Waals surface area contributed by atoms with Crippen molar-refractivity contribution in [1.82, 2.24) is 9.55 Å². The minimum absolute atomic E-state index is 0.908. The molecule has 2 heteroatoms. The zero-order valence-electron chi connectivity index (χ0n) is 15.3. The van der Waals surface area contributed by atoms with E-state index in [1.165, 1.54) is 38.5 Å². The molecule has 2 heterocycles. The van der Waals surface area contributed by atoms with E-state index < -0.39 is 0 Å². The van der Waals surface area contributed by atoms with Gasteiger partial charge in [0.2, 0.25) is 0 Å². The molecular weight excluding hydrogens is 316 g/mol. The first-order valence-corrected chi connectivity index (χ1v) is 9.31. The van der Waals surface area contributed by atoms with Crippen molar-refractivity contribution in [3.05, 3.63) is 90.3 Å². The minimum Gasteiger partial charge on any atom is -0.341 e. The highest BCUT2D eigenvalue weighted by Gasteiger charge is 2.09. The SMILES string of the molecule is C=C(CCc1ccc2c(c1)c1ccccc1n2CC)Cc1cccnc1. The maximum Gasteiger partial charge on any atom is 0.0491 e. The molecule has 0 atom stereocenters. The van der Waals surface area contributed by atoms with E-state index in [9.17, 15) is 0 Å². The molecule has 4 aromatic rings. The molecule has 0 amide bonds. The first kappa shape index (κ1) is 16.6. The topological polar surface area (TPSA) is 17.8 Å². The quantitative estimate of drug-likeness (QED) is 0.397. The van der Waals surface area contributed by atoms with E-state index in [1.54, 1.807) is 0 Å². The third-order valence-corrected chi connectivity index (χ3v) is 5.10. The summed E-state index contributed by atoms with van der Waals surface area (Å²) in [5, 5.41) is 2.71. The number of pyridine rings is 1. The molecule has 0 aliphatic carbocycles. The smallest absolute Gasteiger partial charge is 0.0491 e. The summed E-state index contributed by atoms with van der Waals surface area (Å²) >= 11 is 0. The zero-order chi connectivity index (χ0) is 17.9. The summed E-state index contributed by atoms with van der Waals surface area (Å²) in [4.78, 5) is 4.19. The number of aryl methyl sites for hydroxylation is 2. The number of benzene rings is 2. The van der Waals surface area contributed by atoms with Crippen LogP contribution in [0.25, 0.3) is 21.8 Å². The summed E-state index contributed by atoms with van der Waals surface area (Å²) in [5.41, 5.74) is 6.52. The number of hydrogen-bond donors (Lipinski definition) is 0. The van der Waals surface area contributed by atoms with Crippen molar-refractivity contribution in [1.29, 1.82) is 0 Å². The van der Waals surface area contributed by atoms with Crippen molar-refractivity contribution in [3.8, 4) is 0 Å². The average molecular weight is 340 g/mol. The molecule has 0 radical (unpaired) electrons. The van der Waals surface area contributed by atoms with E-state index in [4.69, 9.17) is 0 Å². The van der Waals surface area contributed by atoms with Crippen LogP contribution in [0.2, 0.25) is 0 Å². The molecule has 0 aliphatic heterocycles. The van der Waals surface area contributed by atoms with E-state index in [0.717, 1.165) is 25.8 Å². The Morgan fingerprint density at radius 2 is 1.81 bits per heavy atom. The van der Waals surface area contributed by atoms with Gasteiger partial charge in [-0.15, -0.1) is 0 Å². The van der Waals surface area contributed by atoms with Crippen LogP contribution in [0.15, 0.2) is 79.1 Å². The first-order chi connectivity index (χ1) is 12.8. The molecule has 130 valence electrons. The van der Waals surface area contributed by atoms with Crippen LogP contribution >= 0.6 is 0 Å². The second kappa shape index (κ2) is 7.17. The fraction of sp³-hybridized carbons (Fsp3) is 0.208. The Hall–Kier alpha value is -2.87. The Kier molecular flexibility index (Phi) is 4.57. The van der Waals surface area contributed by atoms with Gasteiger partial charge in [-0.3, -0.25) is 4.98 Å². The highest BCUT2D eigenvalue weighted by atomic mass is 15.0. The molecule has 0 unspecified atom stereocenters. The van der Waals surface area contributed by atoms with Crippen LogP contribution in [-0.4, -0.2) is 9.55 Å². The summed E-state index contributed by atoms with van der Waals surface area (Å²) in [7, 11) is 0. The molecule has 2 aromatic carbocycles. The second-order valence-electron chi connectivity index (χ2n) is 6.90. The Balaban J connectivity index is 1.56. The van der Waals surface area contributed by atoms with Crippen LogP contribution in [0.1, 0.15) is 24.5 Å². The number of allylic oxidation sites excluding steroid dienone is 1. The second-order valence-corrected chi connectivity index (χ2v) is 6.90. The summed E-state index contributed by atoms with van der Waals surface area (Å²) in [6.07, 6.45) is 6.68. The van der Waals surface area contributed by atoms with Crippen molar-refractivity contribution in [2.45, 2.75) is 32.7 Å². The van der Waals surface area contributed by atoms with E-state index in [0.29, 0.717) is 0 Å². The Morgan fingerprint density at radius 1 is 0.962 bits per heavy atom. The lowest BCUT2D eigenvalue weighted by Gasteiger charge is -2.07. The average Bonchev–Trinajstić information content (AvgIpc) is 3.00. The van der Waals surface area contributed by atoms with Crippen LogP contribution < -0.4 is 0 Å². The predicted octanol–water partition coefficient (Wildman–Crippen LogP) is 5.94. The van der Waals surface area contributed by atoms with Crippen LogP contribution in [0.3, 0.4) is 0 Å². The Morgan fingerprint density at radius 3 is 2.62 bits per heavy atom. The Bertz CT molecular complexity index is 1060. The summed E-state index contributed by atoms with van der Waals surface area (Å²) in [5.74, 6) is 0. The number of rotatable bonds is 6. The molecule has 0 bridgehead atoms.